The van der Waals surface area contributed by atoms with Crippen molar-refractivity contribution in [2.75, 3.05) is 11.4 Å². The molecule has 5 nitrogen and oxygen atoms in total. The number of hydrogen-bond acceptors (Lipinski definition) is 3. The molecule has 2 rings (SSSR count). The fraction of sp³-hybridized carbons (Fsp3) is 0.385. The summed E-state index contributed by atoms with van der Waals surface area (Å²) in [5.74, 6) is -0.363. The number of nitrogens with zero attached hydrogens (tertiary/aromatic N) is 1. The maximum Gasteiger partial charge on any atom is 0.249 e. The molecule has 1 aromatic carbocycles. The molecule has 1 unspecified atom stereocenters. The summed E-state index contributed by atoms with van der Waals surface area (Å²) < 4.78 is 0. The first kappa shape index (κ1) is 15.5. The van der Waals surface area contributed by atoms with Crippen molar-refractivity contribution in [3.05, 3.63) is 30.3 Å². The first-order chi connectivity index (χ1) is 8.59. The second kappa shape index (κ2) is 6.54. The van der Waals surface area contributed by atoms with Gasteiger partial charge in [0.2, 0.25) is 11.8 Å². The van der Waals surface area contributed by atoms with Gasteiger partial charge in [0.05, 0.1) is 6.04 Å². The van der Waals surface area contributed by atoms with E-state index >= 15 is 0 Å². The third kappa shape index (κ3) is 3.45. The lowest BCUT2D eigenvalue weighted by molar-refractivity contribution is -0.127. The van der Waals surface area contributed by atoms with Crippen molar-refractivity contribution in [2.24, 2.45) is 5.73 Å². The number of amides is 2. The number of benzene rings is 1. The molecule has 1 heterocycles. The van der Waals surface area contributed by atoms with Crippen LogP contribution in [0.4, 0.5) is 5.69 Å². The van der Waals surface area contributed by atoms with Gasteiger partial charge in [-0.1, -0.05) is 18.2 Å². The monoisotopic (exact) mass is 283 g/mol. The molecule has 0 aromatic heterocycles. The van der Waals surface area contributed by atoms with Crippen LogP contribution in [-0.4, -0.2) is 30.4 Å². The Morgan fingerprint density at radius 2 is 2.05 bits per heavy atom. The number of halogens is 1. The Labute approximate surface area is 118 Å². The molecule has 104 valence electrons. The molecule has 0 saturated carbocycles. The van der Waals surface area contributed by atoms with Gasteiger partial charge in [-0.2, -0.15) is 0 Å². The van der Waals surface area contributed by atoms with Gasteiger partial charge < -0.3 is 16.0 Å². The summed E-state index contributed by atoms with van der Waals surface area (Å²) in [4.78, 5) is 25.3. The Balaban J connectivity index is 0.00000180. The van der Waals surface area contributed by atoms with Crippen LogP contribution in [0.5, 0.6) is 0 Å². The largest absolute Gasteiger partial charge is 0.343 e. The lowest BCUT2D eigenvalue weighted by atomic mass is 10.2. The van der Waals surface area contributed by atoms with Crippen LogP contribution >= 0.6 is 12.4 Å². The maximum absolute atomic E-state index is 12.1. The van der Waals surface area contributed by atoms with Crippen molar-refractivity contribution in [1.29, 1.82) is 0 Å². The van der Waals surface area contributed by atoms with E-state index in [1.54, 1.807) is 11.8 Å². The van der Waals surface area contributed by atoms with Crippen LogP contribution in [0, 0.1) is 0 Å². The quantitative estimate of drug-likeness (QED) is 0.856. The molecule has 0 bridgehead atoms. The van der Waals surface area contributed by atoms with Crippen LogP contribution in [0.1, 0.15) is 13.3 Å². The van der Waals surface area contributed by atoms with Crippen molar-refractivity contribution in [1.82, 2.24) is 5.32 Å². The van der Waals surface area contributed by atoms with Crippen molar-refractivity contribution < 1.29 is 9.59 Å². The number of para-hydroxylation sites is 1. The number of hydrogen-bond donors (Lipinski definition) is 2. The highest BCUT2D eigenvalue weighted by Gasteiger charge is 2.33. The molecule has 1 aliphatic rings. The van der Waals surface area contributed by atoms with E-state index in [1.165, 1.54) is 0 Å². The van der Waals surface area contributed by atoms with Crippen LogP contribution in [0.25, 0.3) is 0 Å². The molecular formula is C13H18ClN3O2. The van der Waals surface area contributed by atoms with E-state index in [1.807, 2.05) is 30.3 Å². The Morgan fingerprint density at radius 1 is 1.42 bits per heavy atom. The molecule has 3 N–H and O–H groups in total. The van der Waals surface area contributed by atoms with Crippen molar-refractivity contribution in [3.8, 4) is 0 Å². The standard InChI is InChI=1S/C13H17N3O2.ClH/c1-9(14)12(17)15-11-7-8-16(13(11)18)10-5-3-2-4-6-10;/h2-6,9,11H,7-8,14H2,1H3,(H,15,17);1H/t9-,11?;/m0./s1. The molecule has 1 aliphatic heterocycles. The van der Waals surface area contributed by atoms with Crippen LogP contribution in [0.15, 0.2) is 30.3 Å². The van der Waals surface area contributed by atoms with Crippen molar-refractivity contribution in [2.45, 2.75) is 25.4 Å². The fourth-order valence-corrected chi connectivity index (χ4v) is 1.98. The van der Waals surface area contributed by atoms with Crippen LogP contribution < -0.4 is 16.0 Å². The van der Waals surface area contributed by atoms with Crippen LogP contribution in [0.2, 0.25) is 0 Å². The summed E-state index contributed by atoms with van der Waals surface area (Å²) in [6.07, 6.45) is 0.617. The summed E-state index contributed by atoms with van der Waals surface area (Å²) in [6.45, 7) is 2.22. The van der Waals surface area contributed by atoms with Crippen LogP contribution in [-0.2, 0) is 9.59 Å². The van der Waals surface area contributed by atoms with Crippen molar-refractivity contribution >= 4 is 29.9 Å². The Bertz CT molecular complexity index is 450. The Morgan fingerprint density at radius 3 is 2.63 bits per heavy atom. The van der Waals surface area contributed by atoms with E-state index in [4.69, 9.17) is 5.73 Å². The summed E-state index contributed by atoms with van der Waals surface area (Å²) in [5, 5.41) is 2.67. The topological polar surface area (TPSA) is 75.4 Å². The highest BCUT2D eigenvalue weighted by molar-refractivity contribution is 6.01. The van der Waals surface area contributed by atoms with Gasteiger partial charge >= 0.3 is 0 Å². The number of rotatable bonds is 3. The molecular weight excluding hydrogens is 266 g/mol. The highest BCUT2D eigenvalue weighted by atomic mass is 35.5. The van der Waals surface area contributed by atoms with Gasteiger partial charge in [-0.3, -0.25) is 9.59 Å². The fourth-order valence-electron chi connectivity index (χ4n) is 1.98. The summed E-state index contributed by atoms with van der Waals surface area (Å²) in [6, 6.07) is 8.39. The summed E-state index contributed by atoms with van der Waals surface area (Å²) in [5.41, 5.74) is 6.33. The van der Waals surface area contributed by atoms with Gasteiger partial charge in [0.15, 0.2) is 0 Å². The normalized spacial score (nSPS) is 19.8. The smallest absolute Gasteiger partial charge is 0.249 e. The lowest BCUT2D eigenvalue weighted by Crippen LogP contribution is -2.47. The van der Waals surface area contributed by atoms with Gasteiger partial charge in [0.25, 0.3) is 0 Å². The molecule has 2 amide bonds. The van der Waals surface area contributed by atoms with Crippen LogP contribution in [0.3, 0.4) is 0 Å². The number of nitrogens with two attached hydrogens (primary N) is 1. The Kier molecular flexibility index (Phi) is 5.32. The van der Waals surface area contributed by atoms with Gasteiger partial charge in [-0.25, -0.2) is 0 Å². The van der Waals surface area contributed by atoms with E-state index < -0.39 is 12.1 Å². The average molecular weight is 284 g/mol. The predicted molar refractivity (Wildman–Crippen MR) is 76.2 cm³/mol. The third-order valence-electron chi connectivity index (χ3n) is 3.00. The zero-order valence-electron chi connectivity index (χ0n) is 10.7. The second-order valence-corrected chi connectivity index (χ2v) is 4.46. The van der Waals surface area contributed by atoms with Gasteiger partial charge in [0.1, 0.15) is 6.04 Å². The van der Waals surface area contributed by atoms with Gasteiger partial charge in [-0.05, 0) is 25.5 Å². The molecule has 2 atom stereocenters. The predicted octanol–water partition coefficient (Wildman–Crippen LogP) is 0.677. The average Bonchev–Trinajstić information content (AvgIpc) is 2.72. The zero-order chi connectivity index (χ0) is 13.1. The molecule has 1 aromatic rings. The van der Waals surface area contributed by atoms with Gasteiger partial charge in [0, 0.05) is 12.2 Å². The number of nitrogens with one attached hydrogen (secondary N) is 1. The lowest BCUT2D eigenvalue weighted by Gasteiger charge is -2.17. The van der Waals surface area contributed by atoms with E-state index in [2.05, 4.69) is 5.32 Å². The molecule has 0 spiro atoms. The molecule has 0 radical (unpaired) electrons. The molecule has 0 aliphatic carbocycles. The minimum Gasteiger partial charge on any atom is -0.343 e. The number of carbonyl (C=O) groups excluding carboxylic acids is 2. The zero-order valence-corrected chi connectivity index (χ0v) is 11.5. The summed E-state index contributed by atoms with van der Waals surface area (Å²) >= 11 is 0. The third-order valence-corrected chi connectivity index (χ3v) is 3.00. The Hall–Kier alpha value is -1.59. The minimum absolute atomic E-state index is 0. The molecule has 6 heteroatoms. The van der Waals surface area contributed by atoms with E-state index in [0.717, 1.165) is 5.69 Å². The first-order valence-electron chi connectivity index (χ1n) is 6.02. The minimum atomic E-state index is -0.594. The molecule has 19 heavy (non-hydrogen) atoms. The van der Waals surface area contributed by atoms with E-state index in [-0.39, 0.29) is 24.2 Å². The number of anilines is 1. The van der Waals surface area contributed by atoms with Crippen molar-refractivity contribution in [3.63, 3.8) is 0 Å². The van der Waals surface area contributed by atoms with E-state index in [9.17, 15) is 9.59 Å². The first-order valence-corrected chi connectivity index (χ1v) is 6.02. The summed E-state index contributed by atoms with van der Waals surface area (Å²) in [7, 11) is 0. The maximum atomic E-state index is 12.1. The second-order valence-electron chi connectivity index (χ2n) is 4.46. The SMILES string of the molecule is C[C@H](N)C(=O)NC1CCN(c2ccccc2)C1=O.Cl. The highest BCUT2D eigenvalue weighted by Crippen LogP contribution is 2.20. The van der Waals surface area contributed by atoms with E-state index in [0.29, 0.717) is 13.0 Å². The van der Waals surface area contributed by atoms with Gasteiger partial charge in [-0.15, -0.1) is 12.4 Å². The molecule has 1 fully saturated rings. The number of carbonyl (C=O) groups is 2. The molecule has 1 saturated heterocycles.